The van der Waals surface area contributed by atoms with Gasteiger partial charge in [0.15, 0.2) is 0 Å². The van der Waals surface area contributed by atoms with Crippen LogP contribution >= 0.6 is 11.8 Å². The highest BCUT2D eigenvalue weighted by Crippen LogP contribution is 2.17. The van der Waals surface area contributed by atoms with Crippen molar-refractivity contribution in [1.82, 2.24) is 4.98 Å². The minimum atomic E-state index is -0.470. The molecule has 0 aliphatic heterocycles. The van der Waals surface area contributed by atoms with Crippen molar-refractivity contribution in [2.24, 2.45) is 0 Å². The molecule has 4 nitrogen and oxygen atoms in total. The fraction of sp³-hybridized carbons (Fsp3) is 0.625. The zero-order chi connectivity index (χ0) is 9.68. The van der Waals surface area contributed by atoms with Gasteiger partial charge in [-0.05, 0) is 6.92 Å². The Morgan fingerprint density at radius 3 is 3.08 bits per heavy atom. The van der Waals surface area contributed by atoms with E-state index in [1.54, 1.807) is 13.4 Å². The first kappa shape index (κ1) is 10.6. The number of aryl methyl sites for hydroxylation is 1. The number of oxazole rings is 1. The number of aromatic nitrogens is 1. The largest absolute Gasteiger partial charge is 0.440 e. The van der Waals surface area contributed by atoms with Crippen LogP contribution in [0.3, 0.4) is 0 Å². The number of hydrogen-bond acceptors (Lipinski definition) is 5. The van der Waals surface area contributed by atoms with Crippen LogP contribution in [-0.4, -0.2) is 35.7 Å². The molecule has 0 saturated heterocycles. The predicted molar refractivity (Wildman–Crippen MR) is 49.8 cm³/mol. The minimum absolute atomic E-state index is 0.340. The molecule has 1 rings (SSSR count). The second-order valence-electron chi connectivity index (χ2n) is 2.67. The van der Waals surface area contributed by atoms with Gasteiger partial charge >= 0.3 is 0 Å². The van der Waals surface area contributed by atoms with Crippen LogP contribution in [0.4, 0.5) is 0 Å². The Labute approximate surface area is 81.3 Å². The number of aliphatic hydroxyl groups excluding tert-OH is 1. The van der Waals surface area contributed by atoms with E-state index in [4.69, 9.17) is 9.15 Å². The maximum Gasteiger partial charge on any atom is 0.255 e. The van der Waals surface area contributed by atoms with Crippen molar-refractivity contribution >= 4 is 11.8 Å². The molecule has 0 aliphatic carbocycles. The van der Waals surface area contributed by atoms with E-state index in [2.05, 4.69) is 4.98 Å². The van der Waals surface area contributed by atoms with E-state index >= 15 is 0 Å². The van der Waals surface area contributed by atoms with E-state index in [-0.39, 0.29) is 0 Å². The Kier molecular flexibility index (Phi) is 4.27. The number of rotatable bonds is 5. The molecule has 5 heteroatoms. The van der Waals surface area contributed by atoms with Gasteiger partial charge in [0.25, 0.3) is 5.22 Å². The second kappa shape index (κ2) is 5.26. The number of methoxy groups -OCH3 is 1. The topological polar surface area (TPSA) is 55.5 Å². The highest BCUT2D eigenvalue weighted by molar-refractivity contribution is 7.99. The minimum Gasteiger partial charge on any atom is -0.440 e. The van der Waals surface area contributed by atoms with Gasteiger partial charge in [-0.2, -0.15) is 0 Å². The van der Waals surface area contributed by atoms with Gasteiger partial charge in [0, 0.05) is 12.9 Å². The van der Waals surface area contributed by atoms with Crippen LogP contribution in [0.5, 0.6) is 0 Å². The normalized spacial score (nSPS) is 13.2. The lowest BCUT2D eigenvalue weighted by Gasteiger charge is -2.05. The van der Waals surface area contributed by atoms with E-state index in [9.17, 15) is 5.11 Å². The Morgan fingerprint density at radius 2 is 2.54 bits per heavy atom. The van der Waals surface area contributed by atoms with Gasteiger partial charge in [0.1, 0.15) is 6.26 Å². The molecular weight excluding hydrogens is 190 g/mol. The molecule has 0 radical (unpaired) electrons. The van der Waals surface area contributed by atoms with Crippen LogP contribution in [0.25, 0.3) is 0 Å². The maximum absolute atomic E-state index is 9.30. The predicted octanol–water partition coefficient (Wildman–Crippen LogP) is 1.08. The van der Waals surface area contributed by atoms with Crippen LogP contribution in [0.1, 0.15) is 5.69 Å². The third kappa shape index (κ3) is 3.80. The summed E-state index contributed by atoms with van der Waals surface area (Å²) in [6, 6.07) is 0. The smallest absolute Gasteiger partial charge is 0.255 e. The molecule has 1 atom stereocenters. The zero-order valence-corrected chi connectivity index (χ0v) is 8.50. The quantitative estimate of drug-likeness (QED) is 0.726. The summed E-state index contributed by atoms with van der Waals surface area (Å²) < 4.78 is 9.88. The van der Waals surface area contributed by atoms with Gasteiger partial charge in [-0.15, -0.1) is 0 Å². The molecule has 0 saturated carbocycles. The Hall–Kier alpha value is -0.520. The van der Waals surface area contributed by atoms with E-state index < -0.39 is 6.10 Å². The number of nitrogens with zero attached hydrogens (tertiary/aromatic N) is 1. The summed E-state index contributed by atoms with van der Waals surface area (Å²) in [4.78, 5) is 4.09. The van der Waals surface area contributed by atoms with Crippen molar-refractivity contribution in [3.8, 4) is 0 Å². The van der Waals surface area contributed by atoms with Crippen LogP contribution in [0.15, 0.2) is 15.9 Å². The molecule has 1 aromatic heterocycles. The zero-order valence-electron chi connectivity index (χ0n) is 7.69. The summed E-state index contributed by atoms with van der Waals surface area (Å²) in [5.74, 6) is 0.536. The molecule has 0 amide bonds. The highest BCUT2D eigenvalue weighted by atomic mass is 32.2. The first-order valence-electron chi connectivity index (χ1n) is 3.94. The first-order chi connectivity index (χ1) is 6.22. The van der Waals surface area contributed by atoms with Gasteiger partial charge in [0.2, 0.25) is 0 Å². The molecule has 13 heavy (non-hydrogen) atoms. The van der Waals surface area contributed by atoms with Gasteiger partial charge in [0.05, 0.1) is 18.4 Å². The Bertz CT molecular complexity index is 251. The fourth-order valence-corrected chi connectivity index (χ4v) is 1.56. The van der Waals surface area contributed by atoms with Crippen molar-refractivity contribution < 1.29 is 14.3 Å². The van der Waals surface area contributed by atoms with Gasteiger partial charge < -0.3 is 14.3 Å². The molecule has 0 spiro atoms. The van der Waals surface area contributed by atoms with E-state index in [1.165, 1.54) is 11.8 Å². The van der Waals surface area contributed by atoms with Crippen LogP contribution < -0.4 is 0 Å². The number of thioether (sulfide) groups is 1. The van der Waals surface area contributed by atoms with E-state index in [0.29, 0.717) is 17.6 Å². The monoisotopic (exact) mass is 203 g/mol. The fourth-order valence-electron chi connectivity index (χ4n) is 0.807. The second-order valence-corrected chi connectivity index (χ2v) is 3.65. The van der Waals surface area contributed by atoms with Crippen molar-refractivity contribution in [2.45, 2.75) is 18.3 Å². The molecule has 1 N–H and O–H groups in total. The summed E-state index contributed by atoms with van der Waals surface area (Å²) in [6.45, 7) is 2.20. The molecule has 1 aromatic rings. The average molecular weight is 203 g/mol. The summed E-state index contributed by atoms with van der Waals surface area (Å²) in [7, 11) is 1.56. The van der Waals surface area contributed by atoms with Crippen LogP contribution in [0, 0.1) is 6.92 Å². The van der Waals surface area contributed by atoms with Crippen molar-refractivity contribution in [2.75, 3.05) is 19.5 Å². The third-order valence-corrected chi connectivity index (χ3v) is 2.34. The summed E-state index contributed by atoms with van der Waals surface area (Å²) in [5, 5.41) is 9.89. The lowest BCUT2D eigenvalue weighted by atomic mass is 10.4. The standard InChI is InChI=1S/C8H13NO3S/c1-6-3-12-8(9-6)13-5-7(10)4-11-2/h3,7,10H,4-5H2,1-2H3. The molecule has 1 heterocycles. The maximum atomic E-state index is 9.30. The first-order valence-corrected chi connectivity index (χ1v) is 4.93. The van der Waals surface area contributed by atoms with Crippen molar-refractivity contribution in [3.63, 3.8) is 0 Å². The molecular formula is C8H13NO3S. The SMILES string of the molecule is COCC(O)CSc1nc(C)co1. The van der Waals surface area contributed by atoms with Crippen molar-refractivity contribution in [3.05, 3.63) is 12.0 Å². The Balaban J connectivity index is 2.26. The summed E-state index contributed by atoms with van der Waals surface area (Å²) >= 11 is 1.38. The molecule has 0 aromatic carbocycles. The van der Waals surface area contributed by atoms with E-state index in [1.807, 2.05) is 6.92 Å². The number of ether oxygens (including phenoxy) is 1. The lowest BCUT2D eigenvalue weighted by Crippen LogP contribution is -2.16. The molecule has 0 aliphatic rings. The highest BCUT2D eigenvalue weighted by Gasteiger charge is 2.07. The molecule has 74 valence electrons. The lowest BCUT2D eigenvalue weighted by molar-refractivity contribution is 0.0793. The molecule has 0 fully saturated rings. The average Bonchev–Trinajstić information content (AvgIpc) is 2.49. The van der Waals surface area contributed by atoms with Crippen LogP contribution in [0.2, 0.25) is 0 Å². The molecule has 0 bridgehead atoms. The van der Waals surface area contributed by atoms with Gasteiger partial charge in [-0.1, -0.05) is 11.8 Å². The number of hydrogen-bond donors (Lipinski definition) is 1. The van der Waals surface area contributed by atoms with Crippen molar-refractivity contribution in [1.29, 1.82) is 0 Å². The third-order valence-electron chi connectivity index (χ3n) is 1.36. The van der Waals surface area contributed by atoms with E-state index in [0.717, 1.165) is 5.69 Å². The van der Waals surface area contributed by atoms with Gasteiger partial charge in [-0.3, -0.25) is 0 Å². The van der Waals surface area contributed by atoms with Gasteiger partial charge in [-0.25, -0.2) is 4.98 Å². The molecule has 1 unspecified atom stereocenters. The summed E-state index contributed by atoms with van der Waals surface area (Å²) in [5.41, 5.74) is 0.851. The summed E-state index contributed by atoms with van der Waals surface area (Å²) in [6.07, 6.45) is 1.12. The van der Waals surface area contributed by atoms with Crippen LogP contribution in [-0.2, 0) is 4.74 Å². The number of aliphatic hydroxyl groups is 1. The Morgan fingerprint density at radius 1 is 1.77 bits per heavy atom.